The van der Waals surface area contributed by atoms with Crippen LogP contribution in [0.4, 0.5) is 4.39 Å². The molecule has 1 aromatic carbocycles. The molecule has 1 atom stereocenters. The molecule has 2 nitrogen and oxygen atoms in total. The zero-order chi connectivity index (χ0) is 12.3. The molecular weight excluding hydrogens is 243 g/mol. The van der Waals surface area contributed by atoms with Crippen LogP contribution in [-0.2, 0) is 11.2 Å². The van der Waals surface area contributed by atoms with E-state index in [0.717, 1.165) is 12.8 Å². The molecule has 0 saturated carbocycles. The molecule has 17 heavy (non-hydrogen) atoms. The molecule has 1 unspecified atom stereocenters. The standard InChI is InChI=1S/C13H16ClFO2/c14-11-2-1-3-12(15)10(11)8-13(16)9-4-6-17-7-5-9/h1-3,9,13,16H,4-8H2. The van der Waals surface area contributed by atoms with E-state index in [1.807, 2.05) is 0 Å². The van der Waals surface area contributed by atoms with Gasteiger partial charge in [0.05, 0.1) is 6.10 Å². The van der Waals surface area contributed by atoms with E-state index in [4.69, 9.17) is 16.3 Å². The highest BCUT2D eigenvalue weighted by Gasteiger charge is 2.24. The Morgan fingerprint density at radius 1 is 1.41 bits per heavy atom. The average Bonchev–Trinajstić information content (AvgIpc) is 2.35. The summed E-state index contributed by atoms with van der Waals surface area (Å²) >= 11 is 5.94. The Bertz CT molecular complexity index is 357. The van der Waals surface area contributed by atoms with Gasteiger partial charge in [-0.1, -0.05) is 17.7 Å². The topological polar surface area (TPSA) is 29.5 Å². The van der Waals surface area contributed by atoms with Gasteiger partial charge in [0, 0.05) is 30.2 Å². The second-order valence-corrected chi connectivity index (χ2v) is 4.83. The maximum absolute atomic E-state index is 13.6. The highest BCUT2D eigenvalue weighted by Crippen LogP contribution is 2.26. The first kappa shape index (κ1) is 12.8. The first-order chi connectivity index (χ1) is 8.18. The summed E-state index contributed by atoms with van der Waals surface area (Å²) in [4.78, 5) is 0. The van der Waals surface area contributed by atoms with Crippen LogP contribution < -0.4 is 0 Å². The van der Waals surface area contributed by atoms with E-state index in [1.165, 1.54) is 6.07 Å². The fraction of sp³-hybridized carbons (Fsp3) is 0.538. The van der Waals surface area contributed by atoms with Crippen molar-refractivity contribution in [2.45, 2.75) is 25.4 Å². The van der Waals surface area contributed by atoms with Gasteiger partial charge in [0.2, 0.25) is 0 Å². The van der Waals surface area contributed by atoms with Crippen molar-refractivity contribution in [1.29, 1.82) is 0 Å². The van der Waals surface area contributed by atoms with Crippen molar-refractivity contribution < 1.29 is 14.2 Å². The van der Waals surface area contributed by atoms with Gasteiger partial charge in [-0.05, 0) is 30.9 Å². The van der Waals surface area contributed by atoms with Gasteiger partial charge >= 0.3 is 0 Å². The summed E-state index contributed by atoms with van der Waals surface area (Å²) < 4.78 is 18.8. The maximum atomic E-state index is 13.6. The van der Waals surface area contributed by atoms with Crippen molar-refractivity contribution in [3.63, 3.8) is 0 Å². The van der Waals surface area contributed by atoms with Gasteiger partial charge in [-0.15, -0.1) is 0 Å². The lowest BCUT2D eigenvalue weighted by atomic mass is 9.90. The van der Waals surface area contributed by atoms with E-state index < -0.39 is 6.10 Å². The quantitative estimate of drug-likeness (QED) is 0.903. The van der Waals surface area contributed by atoms with Crippen molar-refractivity contribution in [2.24, 2.45) is 5.92 Å². The molecule has 1 N–H and O–H groups in total. The lowest BCUT2D eigenvalue weighted by Gasteiger charge is -2.27. The molecule has 1 fully saturated rings. The number of aliphatic hydroxyl groups excluding tert-OH is 1. The summed E-state index contributed by atoms with van der Waals surface area (Å²) in [7, 11) is 0. The van der Waals surface area contributed by atoms with E-state index in [2.05, 4.69) is 0 Å². The SMILES string of the molecule is OC(Cc1c(F)cccc1Cl)C1CCOCC1. The summed E-state index contributed by atoms with van der Waals surface area (Å²) in [6.45, 7) is 1.35. The number of ether oxygens (including phenoxy) is 1. The van der Waals surface area contributed by atoms with Gasteiger partial charge in [0.25, 0.3) is 0 Å². The fourth-order valence-corrected chi connectivity index (χ4v) is 2.44. The molecule has 0 bridgehead atoms. The molecule has 0 radical (unpaired) electrons. The average molecular weight is 259 g/mol. The lowest BCUT2D eigenvalue weighted by molar-refractivity contribution is 0.00813. The van der Waals surface area contributed by atoms with Crippen molar-refractivity contribution in [3.8, 4) is 0 Å². The minimum Gasteiger partial charge on any atom is -0.392 e. The molecule has 1 aliphatic rings. The Morgan fingerprint density at radius 3 is 2.76 bits per heavy atom. The predicted octanol–water partition coefficient (Wildman–Crippen LogP) is 2.81. The van der Waals surface area contributed by atoms with Gasteiger partial charge in [0.15, 0.2) is 0 Å². The van der Waals surface area contributed by atoms with E-state index in [9.17, 15) is 9.50 Å². The number of benzene rings is 1. The zero-order valence-corrected chi connectivity index (χ0v) is 10.3. The van der Waals surface area contributed by atoms with Gasteiger partial charge < -0.3 is 9.84 Å². The van der Waals surface area contributed by atoms with E-state index in [-0.39, 0.29) is 18.2 Å². The Labute approximate surface area is 105 Å². The van der Waals surface area contributed by atoms with Gasteiger partial charge in [-0.3, -0.25) is 0 Å². The molecule has 1 saturated heterocycles. The number of rotatable bonds is 3. The minimum atomic E-state index is -0.548. The van der Waals surface area contributed by atoms with Crippen molar-refractivity contribution >= 4 is 11.6 Å². The van der Waals surface area contributed by atoms with E-state index in [1.54, 1.807) is 12.1 Å². The Balaban J connectivity index is 2.04. The minimum absolute atomic E-state index is 0.180. The third-order valence-electron chi connectivity index (χ3n) is 3.29. The monoisotopic (exact) mass is 258 g/mol. The highest BCUT2D eigenvalue weighted by molar-refractivity contribution is 6.31. The van der Waals surface area contributed by atoms with E-state index in [0.29, 0.717) is 23.8 Å². The Hall–Kier alpha value is -0.640. The second kappa shape index (κ2) is 5.80. The largest absolute Gasteiger partial charge is 0.392 e. The first-order valence-corrected chi connectivity index (χ1v) is 6.25. The Morgan fingerprint density at radius 2 is 2.12 bits per heavy atom. The summed E-state index contributed by atoms with van der Waals surface area (Å²) in [5.41, 5.74) is 0.410. The predicted molar refractivity (Wildman–Crippen MR) is 64.7 cm³/mol. The van der Waals surface area contributed by atoms with Crippen LogP contribution in [0.3, 0.4) is 0 Å². The normalized spacial score (nSPS) is 19.2. The van der Waals surface area contributed by atoms with Crippen molar-refractivity contribution in [1.82, 2.24) is 0 Å². The van der Waals surface area contributed by atoms with Crippen LogP contribution in [0.1, 0.15) is 18.4 Å². The fourth-order valence-electron chi connectivity index (χ4n) is 2.20. The smallest absolute Gasteiger partial charge is 0.127 e. The molecule has 0 aliphatic carbocycles. The van der Waals surface area contributed by atoms with Crippen molar-refractivity contribution in [2.75, 3.05) is 13.2 Å². The van der Waals surface area contributed by atoms with Crippen LogP contribution in [0.25, 0.3) is 0 Å². The molecule has 0 spiro atoms. The second-order valence-electron chi connectivity index (χ2n) is 4.42. The maximum Gasteiger partial charge on any atom is 0.127 e. The first-order valence-electron chi connectivity index (χ1n) is 5.87. The number of halogens is 2. The van der Waals surface area contributed by atoms with Crippen LogP contribution in [-0.4, -0.2) is 24.4 Å². The van der Waals surface area contributed by atoms with Crippen LogP contribution in [0.15, 0.2) is 18.2 Å². The molecule has 94 valence electrons. The molecular formula is C13H16ClFO2. The van der Waals surface area contributed by atoms with Crippen molar-refractivity contribution in [3.05, 3.63) is 34.6 Å². The molecule has 1 aromatic rings. The van der Waals surface area contributed by atoms with E-state index >= 15 is 0 Å². The number of aliphatic hydroxyl groups is 1. The van der Waals surface area contributed by atoms with Gasteiger partial charge in [-0.2, -0.15) is 0 Å². The summed E-state index contributed by atoms with van der Waals surface area (Å²) in [6, 6.07) is 4.59. The van der Waals surface area contributed by atoms with Crippen LogP contribution in [0, 0.1) is 11.7 Å². The van der Waals surface area contributed by atoms with Crippen LogP contribution in [0.2, 0.25) is 5.02 Å². The highest BCUT2D eigenvalue weighted by atomic mass is 35.5. The molecule has 0 amide bonds. The lowest BCUT2D eigenvalue weighted by Crippen LogP contribution is -2.29. The third kappa shape index (κ3) is 3.18. The number of hydrogen-bond acceptors (Lipinski definition) is 2. The molecule has 1 heterocycles. The van der Waals surface area contributed by atoms with Gasteiger partial charge in [0.1, 0.15) is 5.82 Å². The van der Waals surface area contributed by atoms with Crippen LogP contribution >= 0.6 is 11.6 Å². The molecule has 1 aliphatic heterocycles. The third-order valence-corrected chi connectivity index (χ3v) is 3.64. The summed E-state index contributed by atoms with van der Waals surface area (Å²) in [5, 5.41) is 10.5. The molecule has 4 heteroatoms. The number of hydrogen-bond donors (Lipinski definition) is 1. The zero-order valence-electron chi connectivity index (χ0n) is 9.53. The summed E-state index contributed by atoms with van der Waals surface area (Å²) in [6.07, 6.45) is 1.38. The summed E-state index contributed by atoms with van der Waals surface area (Å²) in [5.74, 6) is -0.164. The molecule has 2 rings (SSSR count). The van der Waals surface area contributed by atoms with Crippen LogP contribution in [0.5, 0.6) is 0 Å². The Kier molecular flexibility index (Phi) is 4.37. The van der Waals surface area contributed by atoms with Gasteiger partial charge in [-0.25, -0.2) is 4.39 Å². The molecule has 0 aromatic heterocycles.